The van der Waals surface area contributed by atoms with E-state index in [1.807, 2.05) is 24.3 Å². The summed E-state index contributed by atoms with van der Waals surface area (Å²) in [5, 5.41) is 0. The van der Waals surface area contributed by atoms with Crippen molar-refractivity contribution >= 4 is 51.3 Å². The van der Waals surface area contributed by atoms with Gasteiger partial charge in [0.05, 0.1) is 11.3 Å². The van der Waals surface area contributed by atoms with E-state index in [1.54, 1.807) is 34.8 Å². The minimum Gasteiger partial charge on any atom is -0.274 e. The minimum atomic E-state index is -4.34. The standard InChI is InChI=1S/C32H26F3NO2S2/c1-18-26(16-28(39-18)20-6-10-22(11-7-20)32(33,34)35)24-4-3-5-25(24)27-17-29(40-19(27)2)21-8-12-23(13-9-21)36-30(37)14-15-31(36)38/h6-13,16-17H,3-5,14-15H2,1-2H3. The van der Waals surface area contributed by atoms with Crippen LogP contribution in [0.1, 0.15) is 58.5 Å². The maximum atomic E-state index is 13.0. The largest absolute Gasteiger partial charge is 0.416 e. The number of benzene rings is 2. The van der Waals surface area contributed by atoms with Gasteiger partial charge in [-0.15, -0.1) is 22.7 Å². The maximum absolute atomic E-state index is 13.0. The molecular formula is C32H26F3NO2S2. The summed E-state index contributed by atoms with van der Waals surface area (Å²) in [7, 11) is 0. The van der Waals surface area contributed by atoms with Crippen LogP contribution in [0, 0.1) is 13.8 Å². The number of hydrogen-bond donors (Lipinski definition) is 0. The zero-order valence-corrected chi connectivity index (χ0v) is 23.7. The normalized spacial score (nSPS) is 16.1. The predicted octanol–water partition coefficient (Wildman–Crippen LogP) is 9.53. The summed E-state index contributed by atoms with van der Waals surface area (Å²) in [5.41, 5.74) is 6.89. The molecule has 8 heteroatoms. The third-order valence-corrected chi connectivity index (χ3v) is 9.86. The lowest BCUT2D eigenvalue weighted by molar-refractivity contribution is -0.137. The van der Waals surface area contributed by atoms with Crippen molar-refractivity contribution in [1.29, 1.82) is 0 Å². The third kappa shape index (κ3) is 4.84. The highest BCUT2D eigenvalue weighted by Crippen LogP contribution is 2.47. The third-order valence-electron chi connectivity index (χ3n) is 7.66. The number of imide groups is 1. The Labute approximate surface area is 238 Å². The summed E-state index contributed by atoms with van der Waals surface area (Å²) in [6, 6.07) is 17.4. The van der Waals surface area contributed by atoms with Gasteiger partial charge in [-0.1, -0.05) is 24.3 Å². The van der Waals surface area contributed by atoms with Gasteiger partial charge >= 0.3 is 6.18 Å². The number of hydrogen-bond acceptors (Lipinski definition) is 4. The number of carbonyl (C=O) groups excluding carboxylic acids is 2. The molecule has 3 nitrogen and oxygen atoms in total. The Morgan fingerprint density at radius 3 is 1.57 bits per heavy atom. The molecule has 0 N–H and O–H groups in total. The van der Waals surface area contributed by atoms with Crippen molar-refractivity contribution in [1.82, 2.24) is 0 Å². The van der Waals surface area contributed by atoms with E-state index >= 15 is 0 Å². The van der Waals surface area contributed by atoms with Gasteiger partial charge in [-0.2, -0.15) is 13.2 Å². The van der Waals surface area contributed by atoms with Gasteiger partial charge in [0, 0.05) is 32.4 Å². The molecule has 0 atom stereocenters. The summed E-state index contributed by atoms with van der Waals surface area (Å²) in [5.74, 6) is -0.309. The lowest BCUT2D eigenvalue weighted by atomic mass is 9.96. The summed E-state index contributed by atoms with van der Waals surface area (Å²) >= 11 is 3.35. The highest BCUT2D eigenvalue weighted by atomic mass is 32.1. The molecule has 204 valence electrons. The van der Waals surface area contributed by atoms with E-state index in [0.29, 0.717) is 5.69 Å². The first-order chi connectivity index (χ1) is 19.1. The van der Waals surface area contributed by atoms with Gasteiger partial charge in [0.1, 0.15) is 0 Å². The molecule has 3 heterocycles. The summed E-state index contributed by atoms with van der Waals surface area (Å²) < 4.78 is 39.1. The molecule has 0 radical (unpaired) electrons. The van der Waals surface area contributed by atoms with Crippen LogP contribution in [0.15, 0.2) is 60.7 Å². The molecule has 0 saturated carbocycles. The Bertz CT molecular complexity index is 1640. The first kappa shape index (κ1) is 26.7. The van der Waals surface area contributed by atoms with Crippen molar-refractivity contribution in [2.45, 2.75) is 52.1 Å². The van der Waals surface area contributed by atoms with Gasteiger partial charge < -0.3 is 0 Å². The van der Waals surface area contributed by atoms with Crippen molar-refractivity contribution in [2.24, 2.45) is 0 Å². The van der Waals surface area contributed by atoms with Crippen LogP contribution < -0.4 is 4.90 Å². The van der Waals surface area contributed by atoms with Crippen LogP contribution >= 0.6 is 22.7 Å². The molecule has 1 aliphatic heterocycles. The number of nitrogens with zero attached hydrogens (tertiary/aromatic N) is 1. The first-order valence-electron chi connectivity index (χ1n) is 13.2. The molecule has 2 aliphatic rings. The summed E-state index contributed by atoms with van der Waals surface area (Å²) in [6.07, 6.45) is -0.801. The fourth-order valence-electron chi connectivity index (χ4n) is 5.65. The molecule has 1 aliphatic carbocycles. The monoisotopic (exact) mass is 577 g/mol. The van der Waals surface area contributed by atoms with Gasteiger partial charge in [0.2, 0.25) is 11.8 Å². The lowest BCUT2D eigenvalue weighted by Gasteiger charge is -2.13. The molecule has 2 amide bonds. The molecule has 0 spiro atoms. The smallest absolute Gasteiger partial charge is 0.274 e. The average Bonchev–Trinajstić information content (AvgIpc) is 3.70. The van der Waals surface area contributed by atoms with Crippen LogP contribution in [0.4, 0.5) is 18.9 Å². The average molecular weight is 578 g/mol. The highest BCUT2D eigenvalue weighted by Gasteiger charge is 2.31. The number of amides is 2. The zero-order chi connectivity index (χ0) is 28.2. The van der Waals surface area contributed by atoms with Crippen LogP contribution in [0.25, 0.3) is 32.0 Å². The molecule has 2 aromatic carbocycles. The Morgan fingerprint density at radius 1 is 0.675 bits per heavy atom. The second-order valence-corrected chi connectivity index (χ2v) is 12.7. The van der Waals surface area contributed by atoms with Crippen molar-refractivity contribution in [3.8, 4) is 20.9 Å². The lowest BCUT2D eigenvalue weighted by Crippen LogP contribution is -2.28. The molecule has 40 heavy (non-hydrogen) atoms. The van der Waals surface area contributed by atoms with Crippen LogP contribution in [0.5, 0.6) is 0 Å². The number of allylic oxidation sites excluding steroid dienone is 2. The fourth-order valence-corrected chi connectivity index (χ4v) is 7.75. The topological polar surface area (TPSA) is 37.4 Å². The Balaban J connectivity index is 1.30. The fraction of sp³-hybridized carbons (Fsp3) is 0.250. The number of halogens is 3. The van der Waals surface area contributed by atoms with E-state index in [-0.39, 0.29) is 24.7 Å². The van der Waals surface area contributed by atoms with Gasteiger partial charge in [0.25, 0.3) is 0 Å². The molecule has 1 fully saturated rings. The minimum absolute atomic E-state index is 0.155. The van der Waals surface area contributed by atoms with Crippen molar-refractivity contribution in [2.75, 3.05) is 4.90 Å². The van der Waals surface area contributed by atoms with Crippen LogP contribution in [-0.4, -0.2) is 11.8 Å². The number of alkyl halides is 3. The quantitative estimate of drug-likeness (QED) is 0.222. The number of carbonyl (C=O) groups is 2. The second-order valence-electron chi connectivity index (χ2n) is 10.2. The van der Waals surface area contributed by atoms with Crippen LogP contribution in [0.2, 0.25) is 0 Å². The molecule has 2 aromatic heterocycles. The number of anilines is 1. The summed E-state index contributed by atoms with van der Waals surface area (Å²) in [6.45, 7) is 4.22. The van der Waals surface area contributed by atoms with Crippen molar-refractivity contribution in [3.63, 3.8) is 0 Å². The van der Waals surface area contributed by atoms with Gasteiger partial charge in [-0.05, 0) is 103 Å². The van der Waals surface area contributed by atoms with Crippen molar-refractivity contribution < 1.29 is 22.8 Å². The molecule has 1 saturated heterocycles. The number of thiophene rings is 2. The zero-order valence-electron chi connectivity index (χ0n) is 22.0. The van der Waals surface area contributed by atoms with E-state index in [2.05, 4.69) is 26.0 Å². The number of rotatable bonds is 5. The maximum Gasteiger partial charge on any atom is 0.416 e. The van der Waals surface area contributed by atoms with E-state index in [0.717, 1.165) is 52.3 Å². The van der Waals surface area contributed by atoms with E-state index in [4.69, 9.17) is 0 Å². The molecule has 6 rings (SSSR count). The van der Waals surface area contributed by atoms with Crippen molar-refractivity contribution in [3.05, 3.63) is 87.1 Å². The highest BCUT2D eigenvalue weighted by molar-refractivity contribution is 7.16. The Hall–Kier alpha value is -3.49. The molecule has 0 unspecified atom stereocenters. The van der Waals surface area contributed by atoms with Gasteiger partial charge in [-0.3, -0.25) is 14.5 Å². The molecule has 0 bridgehead atoms. The van der Waals surface area contributed by atoms with E-state index in [9.17, 15) is 22.8 Å². The van der Waals surface area contributed by atoms with Crippen LogP contribution in [0.3, 0.4) is 0 Å². The number of aryl methyl sites for hydroxylation is 2. The first-order valence-corrected chi connectivity index (χ1v) is 14.8. The summed E-state index contributed by atoms with van der Waals surface area (Å²) in [4.78, 5) is 30.0. The predicted molar refractivity (Wildman–Crippen MR) is 156 cm³/mol. The molecular weight excluding hydrogens is 551 g/mol. The second kappa shape index (κ2) is 10.2. The van der Waals surface area contributed by atoms with E-state index in [1.165, 1.54) is 36.9 Å². The van der Waals surface area contributed by atoms with Crippen LogP contribution in [-0.2, 0) is 15.8 Å². The molecule has 4 aromatic rings. The Morgan fingerprint density at radius 2 is 1.12 bits per heavy atom. The van der Waals surface area contributed by atoms with E-state index < -0.39 is 11.7 Å². The SMILES string of the molecule is Cc1sc(-c2ccc(N3C(=O)CCC3=O)cc2)cc1C1=C(c2cc(-c3ccc(C(F)(F)F)cc3)sc2C)CCC1. The van der Waals surface area contributed by atoms with Gasteiger partial charge in [-0.25, -0.2) is 0 Å². The Kier molecular flexibility index (Phi) is 6.79. The van der Waals surface area contributed by atoms with Gasteiger partial charge in [0.15, 0.2) is 0 Å².